The monoisotopic (exact) mass is 346 g/mol. The number of aryl methyl sites for hydroxylation is 2. The number of benzene rings is 1. The Bertz CT molecular complexity index is 1010. The molecular formula is C17H15FN2O3S. The number of rotatable bonds is 3. The minimum absolute atomic E-state index is 0.258. The van der Waals surface area contributed by atoms with Crippen molar-refractivity contribution in [3.63, 3.8) is 0 Å². The Morgan fingerprint density at radius 2 is 2.12 bits per heavy atom. The molecule has 0 aliphatic carbocycles. The van der Waals surface area contributed by atoms with Crippen molar-refractivity contribution < 1.29 is 14.3 Å². The van der Waals surface area contributed by atoms with Crippen molar-refractivity contribution in [2.45, 2.75) is 20.4 Å². The van der Waals surface area contributed by atoms with Crippen LogP contribution in [-0.4, -0.2) is 15.6 Å². The number of aromatic hydroxyl groups is 1. The summed E-state index contributed by atoms with van der Waals surface area (Å²) in [7, 11) is 0. The predicted octanol–water partition coefficient (Wildman–Crippen LogP) is 3.49. The van der Waals surface area contributed by atoms with Crippen molar-refractivity contribution in [1.82, 2.24) is 4.57 Å². The molecule has 24 heavy (non-hydrogen) atoms. The van der Waals surface area contributed by atoms with E-state index in [1.54, 1.807) is 25.3 Å². The van der Waals surface area contributed by atoms with Gasteiger partial charge in [-0.25, -0.2) is 4.39 Å². The molecular weight excluding hydrogens is 331 g/mol. The molecule has 1 amide bonds. The van der Waals surface area contributed by atoms with Gasteiger partial charge in [-0.05, 0) is 43.0 Å². The molecule has 0 radical (unpaired) electrons. The van der Waals surface area contributed by atoms with Gasteiger partial charge < -0.3 is 15.0 Å². The molecule has 0 fully saturated rings. The van der Waals surface area contributed by atoms with E-state index < -0.39 is 17.3 Å². The van der Waals surface area contributed by atoms with Gasteiger partial charge >= 0.3 is 0 Å². The fourth-order valence-corrected chi connectivity index (χ4v) is 3.43. The Balaban J connectivity index is 2.13. The van der Waals surface area contributed by atoms with Crippen LogP contribution in [0.25, 0.3) is 10.2 Å². The van der Waals surface area contributed by atoms with Gasteiger partial charge in [0.15, 0.2) is 5.75 Å². The van der Waals surface area contributed by atoms with Crippen LogP contribution in [0.1, 0.15) is 22.8 Å². The molecule has 2 aromatic heterocycles. The molecule has 2 N–H and O–H groups in total. The van der Waals surface area contributed by atoms with Crippen LogP contribution in [0.5, 0.6) is 5.75 Å². The zero-order valence-corrected chi connectivity index (χ0v) is 13.9. The summed E-state index contributed by atoms with van der Waals surface area (Å²) < 4.78 is 15.3. The third-order valence-corrected chi connectivity index (χ3v) is 4.75. The minimum Gasteiger partial charge on any atom is -0.505 e. The number of carbonyl (C=O) groups is 1. The number of carbonyl (C=O) groups excluding carboxylic acids is 1. The summed E-state index contributed by atoms with van der Waals surface area (Å²) in [4.78, 5) is 25.1. The molecule has 5 nitrogen and oxygen atoms in total. The lowest BCUT2D eigenvalue weighted by molar-refractivity contribution is 0.102. The van der Waals surface area contributed by atoms with Crippen molar-refractivity contribution in [3.8, 4) is 5.75 Å². The van der Waals surface area contributed by atoms with E-state index in [9.17, 15) is 19.1 Å². The molecule has 0 saturated carbocycles. The Kier molecular flexibility index (Phi) is 4.11. The van der Waals surface area contributed by atoms with Gasteiger partial charge in [-0.15, -0.1) is 11.3 Å². The standard InChI is InChI=1S/C17H15FN2O3S/c1-3-20-12-6-7-24-15(12)14(21)13(17(20)23)16(22)19-11-8-10(18)5-4-9(11)2/h4-8,21H,3H2,1-2H3,(H,19,22). The molecule has 0 aliphatic heterocycles. The fraction of sp³-hybridized carbons (Fsp3) is 0.176. The van der Waals surface area contributed by atoms with Gasteiger partial charge in [0.05, 0.1) is 10.2 Å². The minimum atomic E-state index is -0.760. The van der Waals surface area contributed by atoms with Crippen LogP contribution < -0.4 is 10.9 Å². The molecule has 0 bridgehead atoms. The van der Waals surface area contributed by atoms with Crippen LogP contribution in [0.4, 0.5) is 10.1 Å². The van der Waals surface area contributed by atoms with E-state index in [0.717, 1.165) is 0 Å². The third-order valence-electron chi connectivity index (χ3n) is 3.84. The SMILES string of the molecule is CCn1c(=O)c(C(=O)Nc2cc(F)ccc2C)c(O)c2sccc21. The first-order valence-corrected chi connectivity index (χ1v) is 8.22. The number of anilines is 1. The number of halogens is 1. The molecule has 1 aromatic carbocycles. The van der Waals surface area contributed by atoms with E-state index in [2.05, 4.69) is 5.32 Å². The van der Waals surface area contributed by atoms with Gasteiger partial charge in [0, 0.05) is 12.2 Å². The highest BCUT2D eigenvalue weighted by Crippen LogP contribution is 2.31. The van der Waals surface area contributed by atoms with Crippen LogP contribution >= 0.6 is 11.3 Å². The van der Waals surface area contributed by atoms with Crippen molar-refractivity contribution >= 4 is 33.1 Å². The number of nitrogens with one attached hydrogen (secondary N) is 1. The first-order chi connectivity index (χ1) is 11.4. The summed E-state index contributed by atoms with van der Waals surface area (Å²) in [6.45, 7) is 3.86. The highest BCUT2D eigenvalue weighted by molar-refractivity contribution is 7.17. The topological polar surface area (TPSA) is 71.3 Å². The molecule has 0 aliphatic rings. The van der Waals surface area contributed by atoms with Crippen molar-refractivity contribution in [2.75, 3.05) is 5.32 Å². The number of hydrogen-bond acceptors (Lipinski definition) is 4. The quantitative estimate of drug-likeness (QED) is 0.763. The third kappa shape index (κ3) is 2.56. The summed E-state index contributed by atoms with van der Waals surface area (Å²) in [6, 6.07) is 5.71. The number of nitrogens with zero attached hydrogens (tertiary/aromatic N) is 1. The van der Waals surface area contributed by atoms with E-state index in [1.165, 1.54) is 34.1 Å². The first kappa shape index (κ1) is 16.2. The normalized spacial score (nSPS) is 11.0. The summed E-state index contributed by atoms with van der Waals surface area (Å²) >= 11 is 1.25. The van der Waals surface area contributed by atoms with E-state index in [4.69, 9.17) is 0 Å². The lowest BCUT2D eigenvalue weighted by Gasteiger charge is -2.12. The maximum Gasteiger partial charge on any atom is 0.267 e. The molecule has 0 saturated heterocycles. The molecule has 0 unspecified atom stereocenters. The van der Waals surface area contributed by atoms with Gasteiger partial charge in [-0.3, -0.25) is 9.59 Å². The Morgan fingerprint density at radius 1 is 1.38 bits per heavy atom. The van der Waals surface area contributed by atoms with Crippen LogP contribution in [-0.2, 0) is 6.54 Å². The van der Waals surface area contributed by atoms with E-state index in [1.807, 2.05) is 0 Å². The fourth-order valence-electron chi connectivity index (χ4n) is 2.58. The zero-order valence-electron chi connectivity index (χ0n) is 13.1. The van der Waals surface area contributed by atoms with Crippen LogP contribution in [0, 0.1) is 12.7 Å². The van der Waals surface area contributed by atoms with Gasteiger partial charge in [0.1, 0.15) is 11.4 Å². The van der Waals surface area contributed by atoms with Crippen molar-refractivity contribution in [1.29, 1.82) is 0 Å². The highest BCUT2D eigenvalue weighted by atomic mass is 32.1. The van der Waals surface area contributed by atoms with Gasteiger partial charge in [0.25, 0.3) is 11.5 Å². The first-order valence-electron chi connectivity index (χ1n) is 7.34. The molecule has 124 valence electrons. The van der Waals surface area contributed by atoms with E-state index in [-0.39, 0.29) is 17.0 Å². The second kappa shape index (κ2) is 6.09. The van der Waals surface area contributed by atoms with Crippen molar-refractivity contribution in [3.05, 3.63) is 56.9 Å². The van der Waals surface area contributed by atoms with Crippen LogP contribution in [0.15, 0.2) is 34.4 Å². The molecule has 7 heteroatoms. The maximum atomic E-state index is 13.4. The highest BCUT2D eigenvalue weighted by Gasteiger charge is 2.23. The zero-order chi connectivity index (χ0) is 17.4. The average molecular weight is 346 g/mol. The molecule has 0 spiro atoms. The Hall–Kier alpha value is -2.67. The largest absolute Gasteiger partial charge is 0.505 e. The van der Waals surface area contributed by atoms with E-state index >= 15 is 0 Å². The Labute approximate surface area is 141 Å². The predicted molar refractivity (Wildman–Crippen MR) is 92.5 cm³/mol. The molecule has 0 atom stereocenters. The number of thiophene rings is 1. The summed E-state index contributed by atoms with van der Waals surface area (Å²) in [6.07, 6.45) is 0. The van der Waals surface area contributed by atoms with Crippen molar-refractivity contribution in [2.24, 2.45) is 0 Å². The Morgan fingerprint density at radius 3 is 2.83 bits per heavy atom. The molecule has 3 rings (SSSR count). The summed E-state index contributed by atoms with van der Waals surface area (Å²) in [5.41, 5.74) is 0.580. The number of pyridine rings is 1. The van der Waals surface area contributed by atoms with Gasteiger partial charge in [0.2, 0.25) is 0 Å². The van der Waals surface area contributed by atoms with Crippen LogP contribution in [0.2, 0.25) is 0 Å². The van der Waals surface area contributed by atoms with E-state index in [0.29, 0.717) is 22.3 Å². The number of aromatic nitrogens is 1. The lowest BCUT2D eigenvalue weighted by Crippen LogP contribution is -2.29. The summed E-state index contributed by atoms with van der Waals surface area (Å²) in [5, 5.41) is 14.6. The number of amides is 1. The summed E-state index contributed by atoms with van der Waals surface area (Å²) in [5.74, 6) is -1.61. The second-order valence-corrected chi connectivity index (χ2v) is 6.24. The van der Waals surface area contributed by atoms with Crippen LogP contribution in [0.3, 0.4) is 0 Å². The molecule has 2 heterocycles. The van der Waals surface area contributed by atoms with Gasteiger partial charge in [-0.1, -0.05) is 6.07 Å². The average Bonchev–Trinajstić information content (AvgIpc) is 3.01. The van der Waals surface area contributed by atoms with Gasteiger partial charge in [-0.2, -0.15) is 0 Å². The maximum absolute atomic E-state index is 13.4. The molecule has 3 aromatic rings. The smallest absolute Gasteiger partial charge is 0.267 e. The number of hydrogen-bond donors (Lipinski definition) is 2. The lowest BCUT2D eigenvalue weighted by atomic mass is 10.1. The number of fused-ring (bicyclic) bond motifs is 1. The second-order valence-electron chi connectivity index (χ2n) is 5.32.